The van der Waals surface area contributed by atoms with Crippen molar-refractivity contribution in [3.8, 4) is 5.75 Å². The lowest BCUT2D eigenvalue weighted by atomic mass is 9.92. The molecule has 2 heteroatoms. The number of hydrogen-bond acceptors (Lipinski definition) is 2. The number of rotatable bonds is 3. The Morgan fingerprint density at radius 2 is 1.81 bits per heavy atom. The van der Waals surface area contributed by atoms with E-state index in [0.29, 0.717) is 0 Å². The van der Waals surface area contributed by atoms with Crippen LogP contribution in [-0.2, 0) is 12.8 Å². The Morgan fingerprint density at radius 3 is 2.57 bits per heavy atom. The maximum absolute atomic E-state index is 6.56. The molecule has 0 heterocycles. The predicted molar refractivity (Wildman–Crippen MR) is 87.0 cm³/mol. The number of nitrogens with two attached hydrogens (primary N) is 1. The summed E-state index contributed by atoms with van der Waals surface area (Å²) in [6, 6.07) is 10.8. The molecular weight excluding hydrogens is 258 g/mol. The SMILES string of the molecule is COc1cc(C)cc(C)c1C(N)c1ccc2c(c1)CCC2. The first-order valence-corrected chi connectivity index (χ1v) is 7.62. The Hall–Kier alpha value is -1.80. The first kappa shape index (κ1) is 14.2. The molecule has 2 N–H and O–H groups in total. The minimum absolute atomic E-state index is 0.133. The maximum atomic E-state index is 6.56. The van der Waals surface area contributed by atoms with E-state index in [1.807, 2.05) is 0 Å². The summed E-state index contributed by atoms with van der Waals surface area (Å²) in [6.07, 6.45) is 3.65. The summed E-state index contributed by atoms with van der Waals surface area (Å²) in [7, 11) is 1.72. The molecule has 0 aromatic heterocycles. The van der Waals surface area contributed by atoms with Crippen LogP contribution in [0.5, 0.6) is 5.75 Å². The van der Waals surface area contributed by atoms with Gasteiger partial charge in [-0.15, -0.1) is 0 Å². The molecule has 2 nitrogen and oxygen atoms in total. The Bertz CT molecular complexity index is 676. The van der Waals surface area contributed by atoms with Crippen molar-refractivity contribution in [2.24, 2.45) is 5.73 Å². The van der Waals surface area contributed by atoms with Crippen LogP contribution < -0.4 is 10.5 Å². The minimum Gasteiger partial charge on any atom is -0.496 e. The maximum Gasteiger partial charge on any atom is 0.124 e. The normalized spacial score (nSPS) is 14.9. The van der Waals surface area contributed by atoms with E-state index in [1.165, 1.54) is 47.1 Å². The molecule has 0 radical (unpaired) electrons. The fourth-order valence-electron chi connectivity index (χ4n) is 3.46. The monoisotopic (exact) mass is 281 g/mol. The zero-order valence-electron chi connectivity index (χ0n) is 13.1. The zero-order valence-corrected chi connectivity index (χ0v) is 13.1. The Balaban J connectivity index is 2.04. The van der Waals surface area contributed by atoms with Crippen molar-refractivity contribution in [3.05, 3.63) is 63.7 Å². The molecule has 0 saturated carbocycles. The third-order valence-corrected chi connectivity index (χ3v) is 4.51. The van der Waals surface area contributed by atoms with Gasteiger partial charge in [-0.2, -0.15) is 0 Å². The molecule has 3 rings (SSSR count). The second-order valence-electron chi connectivity index (χ2n) is 6.06. The molecule has 0 saturated heterocycles. The molecule has 1 aliphatic carbocycles. The fraction of sp³-hybridized carbons (Fsp3) is 0.368. The van der Waals surface area contributed by atoms with Crippen molar-refractivity contribution in [1.82, 2.24) is 0 Å². The summed E-state index contributed by atoms with van der Waals surface area (Å²) in [5, 5.41) is 0. The van der Waals surface area contributed by atoms with Gasteiger partial charge in [-0.25, -0.2) is 0 Å². The van der Waals surface area contributed by atoms with Gasteiger partial charge in [0.1, 0.15) is 5.75 Å². The van der Waals surface area contributed by atoms with Gasteiger partial charge in [-0.1, -0.05) is 24.3 Å². The molecule has 2 aromatic rings. The van der Waals surface area contributed by atoms with E-state index in [9.17, 15) is 0 Å². The average molecular weight is 281 g/mol. The van der Waals surface area contributed by atoms with Crippen LogP contribution in [0.15, 0.2) is 30.3 Å². The van der Waals surface area contributed by atoms with Gasteiger partial charge in [-0.3, -0.25) is 0 Å². The number of ether oxygens (including phenoxy) is 1. The van der Waals surface area contributed by atoms with Crippen molar-refractivity contribution < 1.29 is 4.74 Å². The molecule has 110 valence electrons. The molecule has 1 aliphatic rings. The summed E-state index contributed by atoms with van der Waals surface area (Å²) in [5.41, 5.74) is 14.2. The average Bonchev–Trinajstić information content (AvgIpc) is 2.93. The van der Waals surface area contributed by atoms with Gasteiger partial charge < -0.3 is 10.5 Å². The highest BCUT2D eigenvalue weighted by atomic mass is 16.5. The fourth-order valence-corrected chi connectivity index (χ4v) is 3.46. The van der Waals surface area contributed by atoms with Crippen LogP contribution in [0.2, 0.25) is 0 Å². The highest BCUT2D eigenvalue weighted by molar-refractivity contribution is 5.49. The quantitative estimate of drug-likeness (QED) is 0.927. The van der Waals surface area contributed by atoms with Crippen molar-refractivity contribution in [2.75, 3.05) is 7.11 Å². The van der Waals surface area contributed by atoms with Crippen LogP contribution in [0.1, 0.15) is 45.8 Å². The molecule has 1 unspecified atom stereocenters. The van der Waals surface area contributed by atoms with Crippen molar-refractivity contribution in [2.45, 2.75) is 39.2 Å². The number of hydrogen-bond donors (Lipinski definition) is 1. The zero-order chi connectivity index (χ0) is 15.0. The van der Waals surface area contributed by atoms with Crippen LogP contribution in [0, 0.1) is 13.8 Å². The van der Waals surface area contributed by atoms with E-state index >= 15 is 0 Å². The van der Waals surface area contributed by atoms with Gasteiger partial charge in [0, 0.05) is 5.56 Å². The molecule has 0 aliphatic heterocycles. The Labute approximate surface area is 126 Å². The first-order valence-electron chi connectivity index (χ1n) is 7.62. The molecule has 21 heavy (non-hydrogen) atoms. The second-order valence-corrected chi connectivity index (χ2v) is 6.06. The van der Waals surface area contributed by atoms with Crippen LogP contribution >= 0.6 is 0 Å². The molecule has 1 atom stereocenters. The van der Waals surface area contributed by atoms with Crippen molar-refractivity contribution >= 4 is 0 Å². The first-order chi connectivity index (χ1) is 10.1. The Kier molecular flexibility index (Phi) is 3.73. The van der Waals surface area contributed by atoms with E-state index in [1.54, 1.807) is 7.11 Å². The lowest BCUT2D eigenvalue weighted by Gasteiger charge is -2.20. The minimum atomic E-state index is -0.133. The van der Waals surface area contributed by atoms with Crippen molar-refractivity contribution in [3.63, 3.8) is 0 Å². The van der Waals surface area contributed by atoms with Gasteiger partial charge in [0.05, 0.1) is 13.2 Å². The van der Waals surface area contributed by atoms with E-state index in [-0.39, 0.29) is 6.04 Å². The standard InChI is InChI=1S/C19H23NO/c1-12-9-13(2)18(17(10-12)21-3)19(20)16-8-7-14-5-4-6-15(14)11-16/h7-11,19H,4-6,20H2,1-3H3. The topological polar surface area (TPSA) is 35.2 Å². The van der Waals surface area contributed by atoms with Crippen LogP contribution in [0.3, 0.4) is 0 Å². The van der Waals surface area contributed by atoms with Crippen LogP contribution in [0.4, 0.5) is 0 Å². The predicted octanol–water partition coefficient (Wildman–Crippen LogP) is 3.85. The van der Waals surface area contributed by atoms with Crippen LogP contribution in [-0.4, -0.2) is 7.11 Å². The third-order valence-electron chi connectivity index (χ3n) is 4.51. The smallest absolute Gasteiger partial charge is 0.124 e. The van der Waals surface area contributed by atoms with Crippen LogP contribution in [0.25, 0.3) is 0 Å². The summed E-state index contributed by atoms with van der Waals surface area (Å²) in [5.74, 6) is 0.889. The molecule has 2 aromatic carbocycles. The third kappa shape index (κ3) is 2.56. The second kappa shape index (κ2) is 5.53. The largest absolute Gasteiger partial charge is 0.496 e. The van der Waals surface area contributed by atoms with E-state index < -0.39 is 0 Å². The van der Waals surface area contributed by atoms with Gasteiger partial charge in [0.15, 0.2) is 0 Å². The van der Waals surface area contributed by atoms with Crippen molar-refractivity contribution in [1.29, 1.82) is 0 Å². The number of aryl methyl sites for hydroxylation is 4. The van der Waals surface area contributed by atoms with Gasteiger partial charge >= 0.3 is 0 Å². The van der Waals surface area contributed by atoms with E-state index in [4.69, 9.17) is 10.5 Å². The number of methoxy groups -OCH3 is 1. The van der Waals surface area contributed by atoms with E-state index in [0.717, 1.165) is 11.3 Å². The highest BCUT2D eigenvalue weighted by Crippen LogP contribution is 2.34. The molecule has 0 fully saturated rings. The molecule has 0 bridgehead atoms. The molecular formula is C19H23NO. The molecule has 0 spiro atoms. The van der Waals surface area contributed by atoms with Gasteiger partial charge in [-0.05, 0) is 67.0 Å². The summed E-state index contributed by atoms with van der Waals surface area (Å²) >= 11 is 0. The summed E-state index contributed by atoms with van der Waals surface area (Å²) < 4.78 is 5.56. The number of fused-ring (bicyclic) bond motifs is 1. The lowest BCUT2D eigenvalue weighted by molar-refractivity contribution is 0.407. The molecule has 0 amide bonds. The van der Waals surface area contributed by atoms with E-state index in [2.05, 4.69) is 44.2 Å². The summed E-state index contributed by atoms with van der Waals surface area (Å²) in [4.78, 5) is 0. The summed E-state index contributed by atoms with van der Waals surface area (Å²) in [6.45, 7) is 4.19. The number of benzene rings is 2. The van der Waals surface area contributed by atoms with Gasteiger partial charge in [0.2, 0.25) is 0 Å². The lowest BCUT2D eigenvalue weighted by Crippen LogP contribution is -2.15. The highest BCUT2D eigenvalue weighted by Gasteiger charge is 2.19. The van der Waals surface area contributed by atoms with Gasteiger partial charge in [0.25, 0.3) is 0 Å². The Morgan fingerprint density at radius 1 is 1.05 bits per heavy atom.